The molecule has 0 fully saturated rings. The maximum absolute atomic E-state index is 5.52. The summed E-state index contributed by atoms with van der Waals surface area (Å²) in [7, 11) is 4.16. The zero-order valence-electron chi connectivity index (χ0n) is 12.0. The molecule has 104 valence electrons. The Bertz CT molecular complexity index is 490. The zero-order valence-corrected chi connectivity index (χ0v) is 12.8. The number of nitrogens with zero attached hydrogens (tertiary/aromatic N) is 1. The van der Waals surface area contributed by atoms with Crippen LogP contribution in [0.2, 0.25) is 0 Å². The summed E-state index contributed by atoms with van der Waals surface area (Å²) in [6, 6.07) is 8.99. The van der Waals surface area contributed by atoms with Crippen LogP contribution in [0.15, 0.2) is 34.9 Å². The van der Waals surface area contributed by atoms with Gasteiger partial charge in [-0.25, -0.2) is 0 Å². The van der Waals surface area contributed by atoms with Crippen molar-refractivity contribution in [2.75, 3.05) is 20.6 Å². The van der Waals surface area contributed by atoms with E-state index in [1.54, 1.807) is 6.26 Å². The van der Waals surface area contributed by atoms with Crippen molar-refractivity contribution in [3.05, 3.63) is 46.0 Å². The second kappa shape index (κ2) is 6.37. The van der Waals surface area contributed by atoms with Crippen molar-refractivity contribution in [3.63, 3.8) is 0 Å². The predicted molar refractivity (Wildman–Crippen MR) is 80.6 cm³/mol. The minimum Gasteiger partial charge on any atom is -0.468 e. The van der Waals surface area contributed by atoms with Crippen LogP contribution >= 0.6 is 11.3 Å². The summed E-state index contributed by atoms with van der Waals surface area (Å²) >= 11 is 1.85. The van der Waals surface area contributed by atoms with Crippen molar-refractivity contribution in [3.8, 4) is 0 Å². The Hall–Kier alpha value is -1.10. The van der Waals surface area contributed by atoms with Crippen molar-refractivity contribution in [2.24, 2.45) is 0 Å². The van der Waals surface area contributed by atoms with Crippen molar-refractivity contribution in [1.82, 2.24) is 10.2 Å². The van der Waals surface area contributed by atoms with Gasteiger partial charge in [-0.1, -0.05) is 0 Å². The molecule has 2 aromatic heterocycles. The third-order valence-corrected chi connectivity index (χ3v) is 4.48. The second-order valence-corrected chi connectivity index (χ2v) is 6.39. The van der Waals surface area contributed by atoms with Crippen LogP contribution in [0.4, 0.5) is 0 Å². The Kier molecular flexibility index (Phi) is 4.80. The number of hydrogen-bond donors (Lipinski definition) is 1. The Balaban J connectivity index is 1.96. The molecule has 0 saturated heterocycles. The SMILES string of the molecule is Cc1ccc(C(C)NCC(c2ccco2)N(C)C)s1. The molecule has 3 nitrogen and oxygen atoms in total. The average molecular weight is 278 g/mol. The largest absolute Gasteiger partial charge is 0.468 e. The number of nitrogens with one attached hydrogen (secondary N) is 1. The Morgan fingerprint density at radius 3 is 2.63 bits per heavy atom. The van der Waals surface area contributed by atoms with Crippen LogP contribution in [0.5, 0.6) is 0 Å². The predicted octanol–water partition coefficient (Wildman–Crippen LogP) is 3.60. The summed E-state index contributed by atoms with van der Waals surface area (Å²) in [6.07, 6.45) is 1.73. The number of likely N-dealkylation sites (N-methyl/N-ethyl adjacent to an activating group) is 1. The highest BCUT2D eigenvalue weighted by atomic mass is 32.1. The lowest BCUT2D eigenvalue weighted by Gasteiger charge is -2.24. The van der Waals surface area contributed by atoms with Crippen LogP contribution < -0.4 is 5.32 Å². The summed E-state index contributed by atoms with van der Waals surface area (Å²) in [5.74, 6) is 1.01. The van der Waals surface area contributed by atoms with Gasteiger partial charge in [-0.3, -0.25) is 4.90 Å². The third kappa shape index (κ3) is 3.69. The molecular formula is C15H22N2OS. The first kappa shape index (κ1) is 14.3. The molecule has 2 heterocycles. The highest BCUT2D eigenvalue weighted by Gasteiger charge is 2.18. The number of aryl methyl sites for hydroxylation is 1. The lowest BCUT2D eigenvalue weighted by molar-refractivity contribution is 0.245. The van der Waals surface area contributed by atoms with Crippen LogP contribution in [-0.4, -0.2) is 25.5 Å². The Morgan fingerprint density at radius 1 is 1.32 bits per heavy atom. The van der Waals surface area contributed by atoms with Gasteiger partial charge in [0.05, 0.1) is 12.3 Å². The molecule has 2 unspecified atom stereocenters. The summed E-state index contributed by atoms with van der Waals surface area (Å²) in [6.45, 7) is 5.23. The van der Waals surface area contributed by atoms with Gasteiger partial charge in [0.2, 0.25) is 0 Å². The van der Waals surface area contributed by atoms with Crippen LogP contribution in [0, 0.1) is 6.92 Å². The van der Waals surface area contributed by atoms with Gasteiger partial charge in [-0.15, -0.1) is 11.3 Å². The standard InChI is InChI=1S/C15H22N2OS/c1-11-7-8-15(19-11)12(2)16-10-13(17(3)4)14-6-5-9-18-14/h5-9,12-13,16H,10H2,1-4H3. The van der Waals surface area contributed by atoms with Gasteiger partial charge in [-0.2, -0.15) is 0 Å². The van der Waals surface area contributed by atoms with E-state index in [9.17, 15) is 0 Å². The first-order valence-electron chi connectivity index (χ1n) is 6.57. The molecule has 19 heavy (non-hydrogen) atoms. The molecule has 4 heteroatoms. The van der Waals surface area contributed by atoms with Crippen LogP contribution in [0.1, 0.15) is 34.5 Å². The van der Waals surface area contributed by atoms with E-state index >= 15 is 0 Å². The molecule has 0 amide bonds. The van der Waals surface area contributed by atoms with Crippen molar-refractivity contribution in [1.29, 1.82) is 0 Å². The van der Waals surface area contributed by atoms with Gasteiger partial charge in [0.25, 0.3) is 0 Å². The number of hydrogen-bond acceptors (Lipinski definition) is 4. The zero-order chi connectivity index (χ0) is 13.8. The van der Waals surface area contributed by atoms with E-state index in [2.05, 4.69) is 50.3 Å². The van der Waals surface area contributed by atoms with Crippen molar-refractivity contribution >= 4 is 11.3 Å². The molecule has 2 atom stereocenters. The fourth-order valence-electron chi connectivity index (χ4n) is 2.09. The van der Waals surface area contributed by atoms with E-state index < -0.39 is 0 Å². The fraction of sp³-hybridized carbons (Fsp3) is 0.467. The van der Waals surface area contributed by atoms with E-state index in [0.29, 0.717) is 6.04 Å². The minimum absolute atomic E-state index is 0.263. The maximum atomic E-state index is 5.52. The molecule has 2 rings (SSSR count). The van der Waals surface area contributed by atoms with Gasteiger partial charge in [0.15, 0.2) is 0 Å². The first-order valence-corrected chi connectivity index (χ1v) is 7.39. The smallest absolute Gasteiger partial charge is 0.122 e. The molecule has 0 radical (unpaired) electrons. The van der Waals surface area contributed by atoms with Crippen molar-refractivity contribution in [2.45, 2.75) is 25.9 Å². The number of furan rings is 1. The Morgan fingerprint density at radius 2 is 2.11 bits per heavy atom. The normalized spacial score (nSPS) is 14.8. The van der Waals surface area contributed by atoms with E-state index in [-0.39, 0.29) is 6.04 Å². The van der Waals surface area contributed by atoms with Crippen molar-refractivity contribution < 1.29 is 4.42 Å². The van der Waals surface area contributed by atoms with E-state index in [1.165, 1.54) is 9.75 Å². The summed E-state index contributed by atoms with van der Waals surface area (Å²) < 4.78 is 5.52. The summed E-state index contributed by atoms with van der Waals surface area (Å²) in [4.78, 5) is 4.92. The van der Waals surface area contributed by atoms with Crippen LogP contribution in [0.25, 0.3) is 0 Å². The third-order valence-electron chi connectivity index (χ3n) is 3.30. The second-order valence-electron chi connectivity index (χ2n) is 5.07. The molecular weight excluding hydrogens is 256 g/mol. The highest BCUT2D eigenvalue weighted by molar-refractivity contribution is 7.12. The van der Waals surface area contributed by atoms with E-state index in [1.807, 2.05) is 23.5 Å². The van der Waals surface area contributed by atoms with Gasteiger partial charge in [0.1, 0.15) is 5.76 Å². The number of rotatable bonds is 6. The summed E-state index contributed by atoms with van der Waals surface area (Å²) in [5, 5.41) is 3.59. The minimum atomic E-state index is 0.263. The molecule has 1 N–H and O–H groups in total. The topological polar surface area (TPSA) is 28.4 Å². The van der Waals surface area contributed by atoms with Gasteiger partial charge in [-0.05, 0) is 52.2 Å². The quantitative estimate of drug-likeness (QED) is 0.875. The molecule has 0 bridgehead atoms. The fourth-order valence-corrected chi connectivity index (χ4v) is 3.00. The molecule has 0 aliphatic rings. The molecule has 2 aromatic rings. The maximum Gasteiger partial charge on any atom is 0.122 e. The molecule has 0 aliphatic carbocycles. The first-order chi connectivity index (χ1) is 9.08. The summed E-state index contributed by atoms with van der Waals surface area (Å²) in [5.41, 5.74) is 0. The molecule has 0 saturated carbocycles. The average Bonchev–Trinajstić information content (AvgIpc) is 3.00. The highest BCUT2D eigenvalue weighted by Crippen LogP contribution is 2.24. The monoisotopic (exact) mass is 278 g/mol. The van der Waals surface area contributed by atoms with E-state index in [0.717, 1.165) is 12.3 Å². The van der Waals surface area contributed by atoms with Crippen LogP contribution in [0.3, 0.4) is 0 Å². The van der Waals surface area contributed by atoms with Gasteiger partial charge >= 0.3 is 0 Å². The van der Waals surface area contributed by atoms with Gasteiger partial charge < -0.3 is 9.73 Å². The molecule has 0 aromatic carbocycles. The molecule has 0 aliphatic heterocycles. The lowest BCUT2D eigenvalue weighted by Crippen LogP contribution is -2.32. The van der Waals surface area contributed by atoms with Gasteiger partial charge in [0, 0.05) is 22.3 Å². The Labute approximate surface area is 119 Å². The van der Waals surface area contributed by atoms with Crippen LogP contribution in [-0.2, 0) is 0 Å². The molecule has 0 spiro atoms. The lowest BCUT2D eigenvalue weighted by atomic mass is 10.2. The number of thiophene rings is 1. The van der Waals surface area contributed by atoms with E-state index in [4.69, 9.17) is 4.42 Å².